The fourth-order valence-corrected chi connectivity index (χ4v) is 1.59. The third-order valence-electron chi connectivity index (χ3n) is 2.57. The summed E-state index contributed by atoms with van der Waals surface area (Å²) in [6, 6.07) is 12.4. The molecule has 0 atom stereocenters. The number of rotatable bonds is 3. The summed E-state index contributed by atoms with van der Waals surface area (Å²) in [4.78, 5) is 0. The molecule has 2 aromatic rings. The van der Waals surface area contributed by atoms with E-state index in [4.69, 9.17) is 10.5 Å². The lowest BCUT2D eigenvalue weighted by atomic mass is 10.2. The van der Waals surface area contributed by atoms with Gasteiger partial charge in [0.1, 0.15) is 12.4 Å². The minimum Gasteiger partial charge on any atom is -0.487 e. The quantitative estimate of drug-likeness (QED) is 0.857. The lowest BCUT2D eigenvalue weighted by molar-refractivity contribution is -0.137. The highest BCUT2D eigenvalue weighted by molar-refractivity contribution is 5.54. The lowest BCUT2D eigenvalue weighted by Gasteiger charge is -2.12. The number of nitrogen functional groups attached to an aromatic ring is 1. The maximum atomic E-state index is 12.5. The highest BCUT2D eigenvalue weighted by Gasteiger charge is 2.30. The van der Waals surface area contributed by atoms with Gasteiger partial charge in [0.25, 0.3) is 0 Å². The Bertz CT molecular complexity index is 552. The van der Waals surface area contributed by atoms with E-state index in [-0.39, 0.29) is 18.0 Å². The largest absolute Gasteiger partial charge is 0.487 e. The zero-order chi connectivity index (χ0) is 13.9. The number of hydrogen-bond donors (Lipinski definition) is 1. The number of hydrogen-bond acceptors (Lipinski definition) is 2. The number of benzene rings is 2. The number of alkyl halides is 3. The molecule has 0 spiro atoms. The summed E-state index contributed by atoms with van der Waals surface area (Å²) in [5, 5.41) is 0. The molecule has 5 heteroatoms. The van der Waals surface area contributed by atoms with Gasteiger partial charge in [-0.1, -0.05) is 30.3 Å². The van der Waals surface area contributed by atoms with Crippen molar-refractivity contribution in [1.29, 1.82) is 0 Å². The highest BCUT2D eigenvalue weighted by atomic mass is 19.4. The van der Waals surface area contributed by atoms with Crippen molar-refractivity contribution in [3.05, 3.63) is 59.7 Å². The summed E-state index contributed by atoms with van der Waals surface area (Å²) >= 11 is 0. The van der Waals surface area contributed by atoms with Crippen LogP contribution in [0.5, 0.6) is 5.75 Å². The van der Waals surface area contributed by atoms with Crippen LogP contribution in [0, 0.1) is 0 Å². The SMILES string of the molecule is Nc1cc(C(F)(F)F)ccc1OCc1ccccc1. The van der Waals surface area contributed by atoms with E-state index in [1.165, 1.54) is 6.07 Å². The number of halogens is 3. The molecule has 2 aromatic carbocycles. The van der Waals surface area contributed by atoms with Crippen molar-refractivity contribution in [2.75, 3.05) is 5.73 Å². The summed E-state index contributed by atoms with van der Waals surface area (Å²) < 4.78 is 42.8. The Morgan fingerprint density at radius 2 is 1.68 bits per heavy atom. The van der Waals surface area contributed by atoms with E-state index < -0.39 is 11.7 Å². The molecule has 0 bridgehead atoms. The maximum Gasteiger partial charge on any atom is 0.416 e. The number of anilines is 1. The summed E-state index contributed by atoms with van der Waals surface area (Å²) in [7, 11) is 0. The molecule has 19 heavy (non-hydrogen) atoms. The van der Waals surface area contributed by atoms with E-state index in [1.807, 2.05) is 30.3 Å². The van der Waals surface area contributed by atoms with Gasteiger partial charge in [0, 0.05) is 0 Å². The molecule has 0 aromatic heterocycles. The molecule has 0 heterocycles. The van der Waals surface area contributed by atoms with Crippen molar-refractivity contribution in [2.45, 2.75) is 12.8 Å². The van der Waals surface area contributed by atoms with Gasteiger partial charge in [-0.05, 0) is 23.8 Å². The molecule has 100 valence electrons. The van der Waals surface area contributed by atoms with Crippen molar-refractivity contribution in [3.63, 3.8) is 0 Å². The Morgan fingerprint density at radius 1 is 1.00 bits per heavy atom. The van der Waals surface area contributed by atoms with E-state index in [2.05, 4.69) is 0 Å². The lowest BCUT2D eigenvalue weighted by Crippen LogP contribution is -2.06. The zero-order valence-electron chi connectivity index (χ0n) is 9.95. The normalized spacial score (nSPS) is 11.3. The molecule has 0 aliphatic heterocycles. The first-order valence-electron chi connectivity index (χ1n) is 5.60. The third-order valence-corrected chi connectivity index (χ3v) is 2.57. The Morgan fingerprint density at radius 3 is 2.26 bits per heavy atom. The van der Waals surface area contributed by atoms with Crippen molar-refractivity contribution >= 4 is 5.69 Å². The molecule has 0 saturated carbocycles. The molecule has 0 fully saturated rings. The van der Waals surface area contributed by atoms with Crippen molar-refractivity contribution < 1.29 is 17.9 Å². The molecule has 0 aliphatic rings. The smallest absolute Gasteiger partial charge is 0.416 e. The van der Waals surface area contributed by atoms with Crippen LogP contribution >= 0.6 is 0 Å². The minimum atomic E-state index is -4.40. The topological polar surface area (TPSA) is 35.2 Å². The number of nitrogens with two attached hydrogens (primary N) is 1. The summed E-state index contributed by atoms with van der Waals surface area (Å²) in [5.74, 6) is 0.247. The van der Waals surface area contributed by atoms with Crippen LogP contribution < -0.4 is 10.5 Å². The Labute approximate surface area is 108 Å². The summed E-state index contributed by atoms with van der Waals surface area (Å²) in [6.07, 6.45) is -4.40. The molecular weight excluding hydrogens is 255 g/mol. The van der Waals surface area contributed by atoms with Gasteiger partial charge in [-0.15, -0.1) is 0 Å². The Hall–Kier alpha value is -2.17. The van der Waals surface area contributed by atoms with Crippen LogP contribution in [0.15, 0.2) is 48.5 Å². The fraction of sp³-hybridized carbons (Fsp3) is 0.143. The second kappa shape index (κ2) is 5.22. The minimum absolute atomic E-state index is 0.0224. The van der Waals surface area contributed by atoms with E-state index in [9.17, 15) is 13.2 Å². The average molecular weight is 267 g/mol. The van der Waals surface area contributed by atoms with Crippen LogP contribution in [0.1, 0.15) is 11.1 Å². The van der Waals surface area contributed by atoms with Gasteiger partial charge in [0.2, 0.25) is 0 Å². The van der Waals surface area contributed by atoms with Gasteiger partial charge in [0.15, 0.2) is 0 Å². The second-order valence-electron chi connectivity index (χ2n) is 4.02. The van der Waals surface area contributed by atoms with Gasteiger partial charge in [-0.25, -0.2) is 0 Å². The molecule has 2 nitrogen and oxygen atoms in total. The molecule has 2 N–H and O–H groups in total. The molecule has 0 amide bonds. The van der Waals surface area contributed by atoms with Gasteiger partial charge in [-0.3, -0.25) is 0 Å². The zero-order valence-corrected chi connectivity index (χ0v) is 9.95. The van der Waals surface area contributed by atoms with Gasteiger partial charge in [-0.2, -0.15) is 13.2 Å². The molecule has 0 unspecified atom stereocenters. The van der Waals surface area contributed by atoms with Crippen LogP contribution in [-0.2, 0) is 12.8 Å². The van der Waals surface area contributed by atoms with Gasteiger partial charge in [0.05, 0.1) is 11.3 Å². The molecule has 0 radical (unpaired) electrons. The van der Waals surface area contributed by atoms with E-state index >= 15 is 0 Å². The van der Waals surface area contributed by atoms with Crippen LogP contribution in [0.3, 0.4) is 0 Å². The van der Waals surface area contributed by atoms with Crippen LogP contribution in [0.25, 0.3) is 0 Å². The monoisotopic (exact) mass is 267 g/mol. The Balaban J connectivity index is 2.10. The highest BCUT2D eigenvalue weighted by Crippen LogP contribution is 2.33. The third kappa shape index (κ3) is 3.40. The maximum absolute atomic E-state index is 12.5. The first kappa shape index (κ1) is 13.3. The standard InChI is InChI=1S/C14H12F3NO/c15-14(16,17)11-6-7-13(12(18)8-11)19-9-10-4-2-1-3-5-10/h1-8H,9,18H2. The summed E-state index contributed by atoms with van der Waals surface area (Å²) in [6.45, 7) is 0.260. The van der Waals surface area contributed by atoms with Crippen molar-refractivity contribution in [2.24, 2.45) is 0 Å². The van der Waals surface area contributed by atoms with Gasteiger partial charge >= 0.3 is 6.18 Å². The predicted octanol–water partition coefficient (Wildman–Crippen LogP) is 3.87. The molecule has 2 rings (SSSR count). The van der Waals surface area contributed by atoms with Crippen LogP contribution in [0.4, 0.5) is 18.9 Å². The average Bonchev–Trinajstić information content (AvgIpc) is 2.37. The van der Waals surface area contributed by atoms with E-state index in [1.54, 1.807) is 0 Å². The van der Waals surface area contributed by atoms with Crippen molar-refractivity contribution in [1.82, 2.24) is 0 Å². The Kier molecular flexibility index (Phi) is 3.64. The van der Waals surface area contributed by atoms with Crippen molar-refractivity contribution in [3.8, 4) is 5.75 Å². The van der Waals surface area contributed by atoms with Gasteiger partial charge < -0.3 is 10.5 Å². The van der Waals surface area contributed by atoms with E-state index in [0.717, 1.165) is 17.7 Å². The molecule has 0 saturated heterocycles. The molecule has 0 aliphatic carbocycles. The number of ether oxygens (including phenoxy) is 1. The molecular formula is C14H12F3NO. The van der Waals surface area contributed by atoms with Crippen LogP contribution in [-0.4, -0.2) is 0 Å². The van der Waals surface area contributed by atoms with E-state index in [0.29, 0.717) is 0 Å². The summed E-state index contributed by atoms with van der Waals surface area (Å²) in [5.41, 5.74) is 5.67. The second-order valence-corrected chi connectivity index (χ2v) is 4.02. The first-order chi connectivity index (χ1) is 8.97. The predicted molar refractivity (Wildman–Crippen MR) is 66.6 cm³/mol. The van der Waals surface area contributed by atoms with Crippen LogP contribution in [0.2, 0.25) is 0 Å². The fourth-order valence-electron chi connectivity index (χ4n) is 1.59. The first-order valence-corrected chi connectivity index (χ1v) is 5.60.